The Morgan fingerprint density at radius 1 is 1.75 bits per heavy atom. The third kappa shape index (κ3) is 1.16. The molecule has 0 unspecified atom stereocenters. The van der Waals surface area contributed by atoms with Gasteiger partial charge in [-0.15, -0.1) is 0 Å². The maximum Gasteiger partial charge on any atom is 0.414 e. The van der Waals surface area contributed by atoms with Gasteiger partial charge in [0.2, 0.25) is 5.91 Å². The summed E-state index contributed by atoms with van der Waals surface area (Å²) in [6.45, 7) is 2.97. The van der Waals surface area contributed by atoms with Crippen molar-refractivity contribution in [3.63, 3.8) is 0 Å². The molecule has 0 aromatic rings. The lowest BCUT2D eigenvalue weighted by atomic mass is 9.99. The van der Waals surface area contributed by atoms with Crippen molar-refractivity contribution in [3.8, 4) is 0 Å². The molecule has 1 aliphatic heterocycles. The molecule has 0 spiro atoms. The Bertz CT molecular complexity index is 236. The second-order valence-electron chi connectivity index (χ2n) is 3.26. The SMILES string of the molecule is C[C@@H]1N(C(=O)O)C(=O)C[C@]1(C)O. The molecule has 2 N–H and O–H groups in total. The van der Waals surface area contributed by atoms with Crippen molar-refractivity contribution in [2.24, 2.45) is 0 Å². The molecule has 2 amide bonds. The molecule has 12 heavy (non-hydrogen) atoms. The first-order valence-corrected chi connectivity index (χ1v) is 3.63. The van der Waals surface area contributed by atoms with Gasteiger partial charge in [-0.3, -0.25) is 4.79 Å². The topological polar surface area (TPSA) is 77.8 Å². The maximum atomic E-state index is 11.0. The lowest BCUT2D eigenvalue weighted by molar-refractivity contribution is -0.126. The van der Waals surface area contributed by atoms with Crippen LogP contribution in [0.2, 0.25) is 0 Å². The molecular weight excluding hydrogens is 162 g/mol. The predicted octanol–water partition coefficient (Wildman–Crippen LogP) is 0.0362. The predicted molar refractivity (Wildman–Crippen MR) is 39.6 cm³/mol. The van der Waals surface area contributed by atoms with Crippen LogP contribution in [0.15, 0.2) is 0 Å². The number of carbonyl (C=O) groups is 2. The fourth-order valence-electron chi connectivity index (χ4n) is 1.31. The zero-order valence-corrected chi connectivity index (χ0v) is 6.94. The zero-order chi connectivity index (χ0) is 9.52. The molecular formula is C7H11NO4. The van der Waals surface area contributed by atoms with Crippen LogP contribution >= 0.6 is 0 Å². The molecule has 5 nitrogen and oxygen atoms in total. The smallest absolute Gasteiger partial charge is 0.414 e. The van der Waals surface area contributed by atoms with Gasteiger partial charge in [0.05, 0.1) is 18.1 Å². The van der Waals surface area contributed by atoms with E-state index in [1.54, 1.807) is 0 Å². The van der Waals surface area contributed by atoms with E-state index in [1.807, 2.05) is 0 Å². The number of likely N-dealkylation sites (tertiary alicyclic amines) is 1. The van der Waals surface area contributed by atoms with E-state index in [1.165, 1.54) is 13.8 Å². The van der Waals surface area contributed by atoms with Gasteiger partial charge in [0.25, 0.3) is 0 Å². The van der Waals surface area contributed by atoms with E-state index >= 15 is 0 Å². The van der Waals surface area contributed by atoms with Gasteiger partial charge < -0.3 is 10.2 Å². The molecule has 2 atom stereocenters. The van der Waals surface area contributed by atoms with Crippen molar-refractivity contribution >= 4 is 12.0 Å². The van der Waals surface area contributed by atoms with Crippen LogP contribution in [0.25, 0.3) is 0 Å². The highest BCUT2D eigenvalue weighted by Gasteiger charge is 2.47. The first kappa shape index (κ1) is 8.99. The summed E-state index contributed by atoms with van der Waals surface area (Å²) in [5.74, 6) is -0.542. The Hall–Kier alpha value is -1.10. The van der Waals surface area contributed by atoms with Crippen LogP contribution in [-0.4, -0.2) is 38.8 Å². The van der Waals surface area contributed by atoms with Gasteiger partial charge in [0.15, 0.2) is 0 Å². The van der Waals surface area contributed by atoms with Crippen LogP contribution < -0.4 is 0 Å². The Morgan fingerprint density at radius 2 is 2.25 bits per heavy atom. The van der Waals surface area contributed by atoms with Crippen LogP contribution in [0, 0.1) is 0 Å². The zero-order valence-electron chi connectivity index (χ0n) is 6.94. The van der Waals surface area contributed by atoms with E-state index < -0.39 is 23.6 Å². The monoisotopic (exact) mass is 173 g/mol. The van der Waals surface area contributed by atoms with Crippen molar-refractivity contribution in [3.05, 3.63) is 0 Å². The molecule has 0 radical (unpaired) electrons. The number of amides is 2. The Labute approximate surface area is 69.6 Å². The summed E-state index contributed by atoms with van der Waals surface area (Å²) >= 11 is 0. The summed E-state index contributed by atoms with van der Waals surface area (Å²) < 4.78 is 0. The summed E-state index contributed by atoms with van der Waals surface area (Å²) in [7, 11) is 0. The molecule has 1 aliphatic rings. The van der Waals surface area contributed by atoms with Crippen molar-refractivity contribution in [2.45, 2.75) is 31.9 Å². The summed E-state index contributed by atoms with van der Waals surface area (Å²) in [5.41, 5.74) is -1.23. The minimum absolute atomic E-state index is 0.125. The first-order valence-electron chi connectivity index (χ1n) is 3.63. The summed E-state index contributed by atoms with van der Waals surface area (Å²) in [5, 5.41) is 18.1. The number of hydrogen-bond donors (Lipinski definition) is 2. The Morgan fingerprint density at radius 3 is 2.42 bits per heavy atom. The molecule has 1 heterocycles. The number of hydrogen-bond acceptors (Lipinski definition) is 3. The van der Waals surface area contributed by atoms with Gasteiger partial charge in [0.1, 0.15) is 0 Å². The van der Waals surface area contributed by atoms with E-state index in [-0.39, 0.29) is 6.42 Å². The van der Waals surface area contributed by atoms with Crippen molar-refractivity contribution < 1.29 is 19.8 Å². The minimum atomic E-state index is -1.30. The molecule has 1 saturated heterocycles. The van der Waals surface area contributed by atoms with Crippen LogP contribution in [0.1, 0.15) is 20.3 Å². The largest absolute Gasteiger partial charge is 0.465 e. The average Bonchev–Trinajstić information content (AvgIpc) is 2.02. The number of carbonyl (C=O) groups excluding carboxylic acids is 1. The van der Waals surface area contributed by atoms with E-state index in [4.69, 9.17) is 5.11 Å². The average molecular weight is 173 g/mol. The number of aliphatic hydroxyl groups is 1. The number of imide groups is 1. The molecule has 0 aliphatic carbocycles. The molecule has 0 saturated carbocycles. The van der Waals surface area contributed by atoms with Crippen LogP contribution in [-0.2, 0) is 4.79 Å². The number of rotatable bonds is 0. The van der Waals surface area contributed by atoms with Crippen LogP contribution in [0.4, 0.5) is 4.79 Å². The van der Waals surface area contributed by atoms with E-state index in [0.29, 0.717) is 4.90 Å². The highest BCUT2D eigenvalue weighted by atomic mass is 16.4. The summed E-state index contributed by atoms with van der Waals surface area (Å²) in [6.07, 6.45) is -1.43. The fraction of sp³-hybridized carbons (Fsp3) is 0.714. The highest BCUT2D eigenvalue weighted by molar-refractivity contribution is 5.94. The van der Waals surface area contributed by atoms with Gasteiger partial charge in [-0.2, -0.15) is 0 Å². The summed E-state index contributed by atoms with van der Waals surface area (Å²) in [4.78, 5) is 22.2. The molecule has 0 aromatic carbocycles. The Balaban J connectivity index is 2.92. The van der Waals surface area contributed by atoms with Crippen LogP contribution in [0.3, 0.4) is 0 Å². The molecule has 1 rings (SSSR count). The maximum absolute atomic E-state index is 11.0. The second-order valence-corrected chi connectivity index (χ2v) is 3.26. The van der Waals surface area contributed by atoms with E-state index in [9.17, 15) is 14.7 Å². The normalized spacial score (nSPS) is 35.8. The second kappa shape index (κ2) is 2.45. The molecule has 0 bridgehead atoms. The molecule has 68 valence electrons. The summed E-state index contributed by atoms with van der Waals surface area (Å²) in [6, 6.07) is -0.664. The first-order chi connectivity index (χ1) is 5.36. The molecule has 0 aromatic heterocycles. The Kier molecular flexibility index (Phi) is 1.83. The molecule has 1 fully saturated rings. The van der Waals surface area contributed by atoms with E-state index in [2.05, 4.69) is 0 Å². The van der Waals surface area contributed by atoms with Gasteiger partial charge in [-0.1, -0.05) is 0 Å². The quantitative estimate of drug-likeness (QED) is 0.542. The number of nitrogens with zero attached hydrogens (tertiary/aromatic N) is 1. The van der Waals surface area contributed by atoms with Crippen molar-refractivity contribution in [2.75, 3.05) is 0 Å². The lowest BCUT2D eigenvalue weighted by Crippen LogP contribution is -2.43. The van der Waals surface area contributed by atoms with E-state index in [0.717, 1.165) is 0 Å². The molecule has 5 heteroatoms. The van der Waals surface area contributed by atoms with Gasteiger partial charge in [-0.25, -0.2) is 9.69 Å². The van der Waals surface area contributed by atoms with Gasteiger partial charge in [0, 0.05) is 0 Å². The standard InChI is InChI=1S/C7H11NO4/c1-4-7(2,12)3-5(9)8(4)6(10)11/h4,12H,3H2,1-2H3,(H,10,11)/t4-,7-/m0/s1. The van der Waals surface area contributed by atoms with Gasteiger partial charge >= 0.3 is 6.09 Å². The lowest BCUT2D eigenvalue weighted by Gasteiger charge is -2.24. The van der Waals surface area contributed by atoms with Crippen molar-refractivity contribution in [1.82, 2.24) is 4.90 Å². The third-order valence-electron chi connectivity index (χ3n) is 2.27. The van der Waals surface area contributed by atoms with Crippen molar-refractivity contribution in [1.29, 1.82) is 0 Å². The van der Waals surface area contributed by atoms with Gasteiger partial charge in [-0.05, 0) is 13.8 Å². The highest BCUT2D eigenvalue weighted by Crippen LogP contribution is 2.28. The minimum Gasteiger partial charge on any atom is -0.465 e. The van der Waals surface area contributed by atoms with Crippen LogP contribution in [0.5, 0.6) is 0 Å². The number of carboxylic acid groups (broad SMARTS) is 1. The fourth-order valence-corrected chi connectivity index (χ4v) is 1.31. The third-order valence-corrected chi connectivity index (χ3v) is 2.27.